The minimum atomic E-state index is -3.22. The molecule has 2 aliphatic rings. The largest absolute Gasteiger partial charge is 0.338 e. The first-order valence-corrected chi connectivity index (χ1v) is 10.1. The van der Waals surface area contributed by atoms with Crippen molar-refractivity contribution in [2.24, 2.45) is 0 Å². The number of sulfone groups is 1. The summed E-state index contributed by atoms with van der Waals surface area (Å²) in [6, 6.07) is 7.22. The molecular formula is C17H21N3O3S. The van der Waals surface area contributed by atoms with Gasteiger partial charge in [0.1, 0.15) is 0 Å². The van der Waals surface area contributed by atoms with Gasteiger partial charge in [-0.2, -0.15) is 4.98 Å². The van der Waals surface area contributed by atoms with Gasteiger partial charge >= 0.3 is 0 Å². The smallest absolute Gasteiger partial charge is 0.240 e. The molecule has 0 spiro atoms. The maximum Gasteiger partial charge on any atom is 0.240 e. The predicted molar refractivity (Wildman–Crippen MR) is 88.1 cm³/mol. The van der Waals surface area contributed by atoms with E-state index in [1.54, 1.807) is 12.1 Å². The van der Waals surface area contributed by atoms with E-state index in [1.165, 1.54) is 12.8 Å². The van der Waals surface area contributed by atoms with Gasteiger partial charge in [0.25, 0.3) is 0 Å². The van der Waals surface area contributed by atoms with Gasteiger partial charge in [-0.05, 0) is 24.5 Å². The standard InChI is InChI=1S/C17H21N3O3S/c21-24(22)10-9-20(11-14-7-3-4-8-15(14)24)12-16-18-17(19-23-16)13-5-1-2-6-13/h3-4,7-8,13H,1-2,5-6,9-12H2. The normalized spacial score (nSPS) is 21.5. The zero-order valence-electron chi connectivity index (χ0n) is 13.5. The van der Waals surface area contributed by atoms with Crippen LogP contribution in [0.2, 0.25) is 0 Å². The van der Waals surface area contributed by atoms with Gasteiger partial charge in [-0.25, -0.2) is 8.42 Å². The number of nitrogens with zero attached hydrogens (tertiary/aromatic N) is 3. The summed E-state index contributed by atoms with van der Waals surface area (Å²) in [6.45, 7) is 1.54. The van der Waals surface area contributed by atoms with Crippen LogP contribution >= 0.6 is 0 Å². The van der Waals surface area contributed by atoms with Gasteiger partial charge < -0.3 is 4.52 Å². The summed E-state index contributed by atoms with van der Waals surface area (Å²) in [5.74, 6) is 1.93. The van der Waals surface area contributed by atoms with Crippen LogP contribution in [0.15, 0.2) is 33.7 Å². The van der Waals surface area contributed by atoms with Crippen molar-refractivity contribution in [1.82, 2.24) is 15.0 Å². The zero-order chi connectivity index (χ0) is 16.6. The number of benzene rings is 1. The average molecular weight is 347 g/mol. The molecule has 0 amide bonds. The number of rotatable bonds is 3. The van der Waals surface area contributed by atoms with Crippen molar-refractivity contribution >= 4 is 9.84 Å². The predicted octanol–water partition coefficient (Wildman–Crippen LogP) is 2.52. The number of fused-ring (bicyclic) bond motifs is 1. The van der Waals surface area contributed by atoms with Crippen molar-refractivity contribution in [2.75, 3.05) is 12.3 Å². The summed E-state index contributed by atoms with van der Waals surface area (Å²) in [4.78, 5) is 7.05. The van der Waals surface area contributed by atoms with Gasteiger partial charge in [-0.3, -0.25) is 4.90 Å². The van der Waals surface area contributed by atoms with Crippen LogP contribution in [0.3, 0.4) is 0 Å². The van der Waals surface area contributed by atoms with Crippen molar-refractivity contribution in [3.05, 3.63) is 41.5 Å². The van der Waals surface area contributed by atoms with Crippen LogP contribution in [0.5, 0.6) is 0 Å². The van der Waals surface area contributed by atoms with Gasteiger partial charge in [0, 0.05) is 19.0 Å². The molecule has 24 heavy (non-hydrogen) atoms. The maximum absolute atomic E-state index is 12.4. The second-order valence-corrected chi connectivity index (χ2v) is 8.74. The number of hydrogen-bond acceptors (Lipinski definition) is 6. The highest BCUT2D eigenvalue weighted by Gasteiger charge is 2.27. The molecule has 4 rings (SSSR count). The molecule has 0 N–H and O–H groups in total. The van der Waals surface area contributed by atoms with E-state index >= 15 is 0 Å². The monoisotopic (exact) mass is 347 g/mol. The summed E-state index contributed by atoms with van der Waals surface area (Å²) in [5.41, 5.74) is 0.838. The Hall–Kier alpha value is -1.73. The van der Waals surface area contributed by atoms with E-state index in [4.69, 9.17) is 4.52 Å². The lowest BCUT2D eigenvalue weighted by Gasteiger charge is -2.17. The molecule has 1 saturated carbocycles. The first kappa shape index (κ1) is 15.8. The SMILES string of the molecule is O=S1(=O)CCN(Cc2nc(C3CCCC3)no2)Cc2ccccc21. The molecule has 7 heteroatoms. The lowest BCUT2D eigenvalue weighted by Crippen LogP contribution is -2.25. The Bertz CT molecular complexity index is 825. The molecule has 0 unspecified atom stereocenters. The highest BCUT2D eigenvalue weighted by atomic mass is 32.2. The van der Waals surface area contributed by atoms with Crippen molar-refractivity contribution < 1.29 is 12.9 Å². The van der Waals surface area contributed by atoms with E-state index in [1.807, 2.05) is 12.1 Å². The fraction of sp³-hybridized carbons (Fsp3) is 0.529. The quantitative estimate of drug-likeness (QED) is 0.849. The highest BCUT2D eigenvalue weighted by Crippen LogP contribution is 2.32. The van der Waals surface area contributed by atoms with Crippen LogP contribution in [0.25, 0.3) is 0 Å². The van der Waals surface area contributed by atoms with Gasteiger partial charge in [-0.1, -0.05) is 36.2 Å². The Labute approximate surface area is 141 Å². The van der Waals surface area contributed by atoms with Crippen molar-refractivity contribution in [1.29, 1.82) is 0 Å². The Morgan fingerprint density at radius 3 is 2.83 bits per heavy atom. The summed E-state index contributed by atoms with van der Waals surface area (Å²) in [5, 5.41) is 4.13. The van der Waals surface area contributed by atoms with Crippen molar-refractivity contribution in [3.63, 3.8) is 0 Å². The Kier molecular flexibility index (Phi) is 4.14. The minimum absolute atomic E-state index is 0.119. The molecule has 0 bridgehead atoms. The number of aromatic nitrogens is 2. The topological polar surface area (TPSA) is 76.3 Å². The van der Waals surface area contributed by atoms with E-state index in [2.05, 4.69) is 15.0 Å². The van der Waals surface area contributed by atoms with Crippen LogP contribution in [0.1, 0.15) is 48.9 Å². The molecule has 1 aliphatic heterocycles. The molecule has 2 aromatic rings. The first-order chi connectivity index (χ1) is 11.6. The molecule has 1 aliphatic carbocycles. The van der Waals surface area contributed by atoms with Crippen LogP contribution in [0.4, 0.5) is 0 Å². The van der Waals surface area contributed by atoms with E-state index in [0.717, 1.165) is 24.2 Å². The summed E-state index contributed by atoms with van der Waals surface area (Å²) >= 11 is 0. The lowest BCUT2D eigenvalue weighted by molar-refractivity contribution is 0.230. The molecule has 6 nitrogen and oxygen atoms in total. The van der Waals surface area contributed by atoms with Gasteiger partial charge in [0.15, 0.2) is 15.7 Å². The fourth-order valence-corrected chi connectivity index (χ4v) is 5.16. The molecule has 0 saturated heterocycles. The van der Waals surface area contributed by atoms with Gasteiger partial charge in [0.2, 0.25) is 5.89 Å². The van der Waals surface area contributed by atoms with Gasteiger partial charge in [-0.15, -0.1) is 0 Å². The van der Waals surface area contributed by atoms with E-state index < -0.39 is 9.84 Å². The van der Waals surface area contributed by atoms with Crippen molar-refractivity contribution in [2.45, 2.75) is 49.6 Å². The summed E-state index contributed by atoms with van der Waals surface area (Å²) in [7, 11) is -3.22. The first-order valence-electron chi connectivity index (χ1n) is 8.47. The summed E-state index contributed by atoms with van der Waals surface area (Å²) in [6.07, 6.45) is 4.73. The minimum Gasteiger partial charge on any atom is -0.338 e. The zero-order valence-corrected chi connectivity index (χ0v) is 14.3. The third-order valence-electron chi connectivity index (χ3n) is 4.94. The molecule has 1 fully saturated rings. The molecule has 128 valence electrons. The Morgan fingerprint density at radius 2 is 2.00 bits per heavy atom. The second-order valence-electron chi connectivity index (χ2n) is 6.66. The molecule has 1 aromatic carbocycles. The molecule has 2 heterocycles. The molecule has 0 radical (unpaired) electrons. The van der Waals surface area contributed by atoms with Crippen LogP contribution < -0.4 is 0 Å². The fourth-order valence-electron chi connectivity index (χ4n) is 3.63. The van der Waals surface area contributed by atoms with Crippen molar-refractivity contribution in [3.8, 4) is 0 Å². The molecule has 1 aromatic heterocycles. The third kappa shape index (κ3) is 3.10. The van der Waals surface area contributed by atoms with E-state index in [0.29, 0.717) is 36.3 Å². The molecular weight excluding hydrogens is 326 g/mol. The van der Waals surface area contributed by atoms with Crippen LogP contribution in [-0.2, 0) is 22.9 Å². The van der Waals surface area contributed by atoms with Crippen LogP contribution in [-0.4, -0.2) is 35.8 Å². The average Bonchev–Trinajstić information content (AvgIpc) is 3.22. The highest BCUT2D eigenvalue weighted by molar-refractivity contribution is 7.91. The Morgan fingerprint density at radius 1 is 1.21 bits per heavy atom. The molecule has 0 atom stereocenters. The maximum atomic E-state index is 12.4. The second kappa shape index (κ2) is 6.29. The third-order valence-corrected chi connectivity index (χ3v) is 6.73. The van der Waals surface area contributed by atoms with E-state index in [9.17, 15) is 8.42 Å². The summed E-state index contributed by atoms with van der Waals surface area (Å²) < 4.78 is 30.2. The van der Waals surface area contributed by atoms with Gasteiger partial charge in [0.05, 0.1) is 17.2 Å². The van der Waals surface area contributed by atoms with E-state index in [-0.39, 0.29) is 5.75 Å². The van der Waals surface area contributed by atoms with Crippen LogP contribution in [0, 0.1) is 0 Å². The number of hydrogen-bond donors (Lipinski definition) is 0. The lowest BCUT2D eigenvalue weighted by atomic mass is 10.1. The Balaban J connectivity index is 1.52.